The average Bonchev–Trinajstić information content (AvgIpc) is 2.34. The van der Waals surface area contributed by atoms with Gasteiger partial charge in [0.15, 0.2) is 6.61 Å². The number of nitrogen functional groups attached to an aromatic ring is 1. The zero-order valence-corrected chi connectivity index (χ0v) is 10.9. The molecule has 0 spiro atoms. The average molecular weight is 248 g/mol. The monoisotopic (exact) mass is 248 g/mol. The number of nitrogens with two attached hydrogens (primary N) is 1. The van der Waals surface area contributed by atoms with Gasteiger partial charge in [-0.3, -0.25) is 4.79 Å². The van der Waals surface area contributed by atoms with Gasteiger partial charge in [0.25, 0.3) is 5.91 Å². The van der Waals surface area contributed by atoms with Gasteiger partial charge < -0.3 is 15.4 Å². The molecule has 2 N–H and O–H groups in total. The normalized spacial score (nSPS) is 10.2. The molecule has 0 aliphatic heterocycles. The summed E-state index contributed by atoms with van der Waals surface area (Å²) in [4.78, 5) is 13.7. The number of anilines is 1. The van der Waals surface area contributed by atoms with Gasteiger partial charge in [-0.15, -0.1) is 6.58 Å². The fraction of sp³-hybridized carbons (Fsp3) is 0.357. The molecule has 0 unspecified atom stereocenters. The van der Waals surface area contributed by atoms with Crippen molar-refractivity contribution >= 4 is 11.6 Å². The van der Waals surface area contributed by atoms with Crippen LogP contribution < -0.4 is 10.5 Å². The van der Waals surface area contributed by atoms with Crippen LogP contribution in [0.15, 0.2) is 36.9 Å². The maximum absolute atomic E-state index is 12.0. The molecule has 1 aromatic rings. The molecule has 0 fully saturated rings. The first-order valence-electron chi connectivity index (χ1n) is 5.94. The van der Waals surface area contributed by atoms with Crippen molar-refractivity contribution in [2.75, 3.05) is 18.9 Å². The van der Waals surface area contributed by atoms with E-state index in [0.717, 1.165) is 0 Å². The van der Waals surface area contributed by atoms with Crippen molar-refractivity contribution in [1.29, 1.82) is 0 Å². The number of carbonyl (C=O) groups is 1. The van der Waals surface area contributed by atoms with Crippen molar-refractivity contribution in [3.8, 4) is 5.75 Å². The third-order valence-electron chi connectivity index (χ3n) is 2.54. The minimum atomic E-state index is -0.0758. The first-order chi connectivity index (χ1) is 8.56. The maximum atomic E-state index is 12.0. The first kappa shape index (κ1) is 14.1. The lowest BCUT2D eigenvalue weighted by atomic mass is 10.3. The number of para-hydroxylation sites is 2. The predicted octanol–water partition coefficient (Wildman–Crippen LogP) is 2.07. The minimum Gasteiger partial charge on any atom is -0.482 e. The molecule has 0 aliphatic rings. The molecule has 0 saturated carbocycles. The number of hydrogen-bond acceptors (Lipinski definition) is 3. The largest absolute Gasteiger partial charge is 0.482 e. The summed E-state index contributed by atoms with van der Waals surface area (Å²) < 4.78 is 5.43. The topological polar surface area (TPSA) is 55.6 Å². The Morgan fingerprint density at radius 2 is 2.17 bits per heavy atom. The van der Waals surface area contributed by atoms with Crippen molar-refractivity contribution < 1.29 is 9.53 Å². The van der Waals surface area contributed by atoms with E-state index in [1.165, 1.54) is 0 Å². The first-order valence-corrected chi connectivity index (χ1v) is 5.94. The number of nitrogens with zero attached hydrogens (tertiary/aromatic N) is 1. The summed E-state index contributed by atoms with van der Waals surface area (Å²) in [5.74, 6) is 0.460. The Kier molecular flexibility index (Phi) is 5.24. The van der Waals surface area contributed by atoms with Gasteiger partial charge in [-0.25, -0.2) is 0 Å². The van der Waals surface area contributed by atoms with E-state index in [9.17, 15) is 4.79 Å². The summed E-state index contributed by atoms with van der Waals surface area (Å²) in [6.07, 6.45) is 1.70. The van der Waals surface area contributed by atoms with E-state index in [1.807, 2.05) is 26.0 Å². The molecule has 0 bridgehead atoms. The molecule has 0 heterocycles. The Bertz CT molecular complexity index is 416. The van der Waals surface area contributed by atoms with Crippen LogP contribution in [-0.4, -0.2) is 30.0 Å². The summed E-state index contributed by atoms with van der Waals surface area (Å²) in [5.41, 5.74) is 6.27. The van der Waals surface area contributed by atoms with E-state index in [4.69, 9.17) is 10.5 Å². The predicted molar refractivity (Wildman–Crippen MR) is 73.4 cm³/mol. The Morgan fingerprint density at radius 1 is 1.50 bits per heavy atom. The standard InChI is InChI=1S/C14H20N2O2/c1-4-9-16(11(2)3)14(17)10-18-13-8-6-5-7-12(13)15/h4-8,11H,1,9-10,15H2,2-3H3. The van der Waals surface area contributed by atoms with Crippen LogP contribution in [0.3, 0.4) is 0 Å². The Balaban J connectivity index is 2.59. The van der Waals surface area contributed by atoms with E-state index in [-0.39, 0.29) is 18.6 Å². The highest BCUT2D eigenvalue weighted by Crippen LogP contribution is 2.19. The lowest BCUT2D eigenvalue weighted by Crippen LogP contribution is -2.40. The van der Waals surface area contributed by atoms with Crippen LogP contribution in [0.2, 0.25) is 0 Å². The SMILES string of the molecule is C=CCN(C(=O)COc1ccccc1N)C(C)C. The van der Waals surface area contributed by atoms with Gasteiger partial charge in [0.2, 0.25) is 0 Å². The third-order valence-corrected chi connectivity index (χ3v) is 2.54. The van der Waals surface area contributed by atoms with Gasteiger partial charge in [-0.1, -0.05) is 18.2 Å². The number of hydrogen-bond donors (Lipinski definition) is 1. The van der Waals surface area contributed by atoms with Crippen LogP contribution >= 0.6 is 0 Å². The molecule has 1 rings (SSSR count). The molecule has 1 amide bonds. The Labute approximate surface area is 108 Å². The molecular formula is C14H20N2O2. The fourth-order valence-electron chi connectivity index (χ4n) is 1.57. The molecule has 0 saturated heterocycles. The zero-order chi connectivity index (χ0) is 13.5. The number of benzene rings is 1. The number of carbonyl (C=O) groups excluding carboxylic acids is 1. The highest BCUT2D eigenvalue weighted by atomic mass is 16.5. The molecule has 98 valence electrons. The highest BCUT2D eigenvalue weighted by molar-refractivity contribution is 5.78. The van der Waals surface area contributed by atoms with Crippen LogP contribution in [0, 0.1) is 0 Å². The number of amides is 1. The van der Waals surface area contributed by atoms with Gasteiger partial charge in [-0.05, 0) is 26.0 Å². The van der Waals surface area contributed by atoms with E-state index in [2.05, 4.69) is 6.58 Å². The molecule has 0 aromatic heterocycles. The lowest BCUT2D eigenvalue weighted by molar-refractivity contribution is -0.134. The summed E-state index contributed by atoms with van der Waals surface area (Å²) >= 11 is 0. The van der Waals surface area contributed by atoms with Crippen molar-refractivity contribution in [1.82, 2.24) is 4.90 Å². The Hall–Kier alpha value is -1.97. The van der Waals surface area contributed by atoms with E-state index in [0.29, 0.717) is 18.0 Å². The maximum Gasteiger partial charge on any atom is 0.261 e. The van der Waals surface area contributed by atoms with E-state index < -0.39 is 0 Å². The second kappa shape index (κ2) is 6.69. The quantitative estimate of drug-likeness (QED) is 0.619. The fourth-order valence-corrected chi connectivity index (χ4v) is 1.57. The van der Waals surface area contributed by atoms with Crippen molar-refractivity contribution in [2.45, 2.75) is 19.9 Å². The lowest BCUT2D eigenvalue weighted by Gasteiger charge is -2.25. The van der Waals surface area contributed by atoms with Crippen LogP contribution in [0.4, 0.5) is 5.69 Å². The third kappa shape index (κ3) is 3.80. The van der Waals surface area contributed by atoms with E-state index >= 15 is 0 Å². The van der Waals surface area contributed by atoms with Crippen LogP contribution in [0.25, 0.3) is 0 Å². The van der Waals surface area contributed by atoms with Gasteiger partial charge in [-0.2, -0.15) is 0 Å². The highest BCUT2D eigenvalue weighted by Gasteiger charge is 2.16. The molecule has 0 aliphatic carbocycles. The molecule has 0 atom stereocenters. The molecule has 18 heavy (non-hydrogen) atoms. The Morgan fingerprint density at radius 3 is 2.72 bits per heavy atom. The summed E-state index contributed by atoms with van der Waals surface area (Å²) in [6, 6.07) is 7.24. The molecule has 4 heteroatoms. The second-order valence-electron chi connectivity index (χ2n) is 4.26. The minimum absolute atomic E-state index is 0.0137. The van der Waals surface area contributed by atoms with Crippen LogP contribution in [0.5, 0.6) is 5.75 Å². The number of ether oxygens (including phenoxy) is 1. The zero-order valence-electron chi connectivity index (χ0n) is 10.9. The van der Waals surface area contributed by atoms with Crippen LogP contribution in [-0.2, 0) is 4.79 Å². The smallest absolute Gasteiger partial charge is 0.261 e. The molecule has 4 nitrogen and oxygen atoms in total. The van der Waals surface area contributed by atoms with Crippen LogP contribution in [0.1, 0.15) is 13.8 Å². The van der Waals surface area contributed by atoms with Crippen molar-refractivity contribution in [3.63, 3.8) is 0 Å². The van der Waals surface area contributed by atoms with Gasteiger partial charge >= 0.3 is 0 Å². The second-order valence-corrected chi connectivity index (χ2v) is 4.26. The molecule has 0 radical (unpaired) electrons. The van der Waals surface area contributed by atoms with Crippen molar-refractivity contribution in [3.05, 3.63) is 36.9 Å². The number of rotatable bonds is 6. The van der Waals surface area contributed by atoms with Gasteiger partial charge in [0, 0.05) is 12.6 Å². The summed E-state index contributed by atoms with van der Waals surface area (Å²) in [7, 11) is 0. The summed E-state index contributed by atoms with van der Waals surface area (Å²) in [5, 5.41) is 0. The molecular weight excluding hydrogens is 228 g/mol. The van der Waals surface area contributed by atoms with Gasteiger partial charge in [0.1, 0.15) is 5.75 Å². The van der Waals surface area contributed by atoms with Gasteiger partial charge in [0.05, 0.1) is 5.69 Å². The molecule has 1 aromatic carbocycles. The summed E-state index contributed by atoms with van der Waals surface area (Å²) in [6.45, 7) is 8.06. The van der Waals surface area contributed by atoms with Crippen molar-refractivity contribution in [2.24, 2.45) is 0 Å². The van der Waals surface area contributed by atoms with E-state index in [1.54, 1.807) is 23.1 Å².